The van der Waals surface area contributed by atoms with E-state index in [9.17, 15) is 4.79 Å². The van der Waals surface area contributed by atoms with Gasteiger partial charge in [-0.1, -0.05) is 12.1 Å². The van der Waals surface area contributed by atoms with Crippen LogP contribution in [0.3, 0.4) is 0 Å². The predicted octanol–water partition coefficient (Wildman–Crippen LogP) is 3.14. The Hall–Kier alpha value is -2.29. The van der Waals surface area contributed by atoms with Gasteiger partial charge in [-0.15, -0.1) is 0 Å². The van der Waals surface area contributed by atoms with Gasteiger partial charge in [0, 0.05) is 27.4 Å². The van der Waals surface area contributed by atoms with E-state index < -0.39 is 0 Å². The van der Waals surface area contributed by atoms with Gasteiger partial charge in [0.1, 0.15) is 12.0 Å². The Labute approximate surface area is 98.0 Å². The van der Waals surface area contributed by atoms with E-state index in [0.29, 0.717) is 5.56 Å². The van der Waals surface area contributed by atoms with E-state index in [-0.39, 0.29) is 0 Å². The molecule has 17 heavy (non-hydrogen) atoms. The van der Waals surface area contributed by atoms with Gasteiger partial charge in [-0.2, -0.15) is 0 Å². The molecule has 3 aromatic rings. The molecular formula is C14H11NO2. The molecule has 0 fully saturated rings. The zero-order valence-corrected chi connectivity index (χ0v) is 9.36. The lowest BCUT2D eigenvalue weighted by atomic mass is 10.1. The van der Waals surface area contributed by atoms with E-state index in [2.05, 4.69) is 4.98 Å². The highest BCUT2D eigenvalue weighted by atomic mass is 16.5. The number of ether oxygens (including phenoxy) is 1. The van der Waals surface area contributed by atoms with Crippen molar-refractivity contribution in [3.63, 3.8) is 0 Å². The molecule has 0 aliphatic carbocycles. The van der Waals surface area contributed by atoms with Crippen molar-refractivity contribution < 1.29 is 9.53 Å². The lowest BCUT2D eigenvalue weighted by Gasteiger charge is -1.98. The van der Waals surface area contributed by atoms with Crippen LogP contribution < -0.4 is 4.74 Å². The number of hydrogen-bond donors (Lipinski definition) is 1. The van der Waals surface area contributed by atoms with Crippen molar-refractivity contribution in [3.05, 3.63) is 42.0 Å². The summed E-state index contributed by atoms with van der Waals surface area (Å²) < 4.78 is 5.22. The standard InChI is InChI=1S/C14H11NO2/c1-17-10-3-5-13-12(7-10)11-4-2-9(8-16)6-14(11)15-13/h2-8,15H,1H3. The highest BCUT2D eigenvalue weighted by Crippen LogP contribution is 2.28. The zero-order chi connectivity index (χ0) is 11.8. The fourth-order valence-electron chi connectivity index (χ4n) is 2.10. The van der Waals surface area contributed by atoms with Crippen molar-refractivity contribution in [2.24, 2.45) is 0 Å². The van der Waals surface area contributed by atoms with Gasteiger partial charge < -0.3 is 9.72 Å². The fraction of sp³-hybridized carbons (Fsp3) is 0.0714. The first-order valence-electron chi connectivity index (χ1n) is 5.36. The first kappa shape index (κ1) is 9.90. The van der Waals surface area contributed by atoms with E-state index in [1.54, 1.807) is 7.11 Å². The van der Waals surface area contributed by atoms with E-state index in [1.807, 2.05) is 36.4 Å². The summed E-state index contributed by atoms with van der Waals surface area (Å²) in [5, 5.41) is 2.21. The summed E-state index contributed by atoms with van der Waals surface area (Å²) in [6.07, 6.45) is 0.853. The van der Waals surface area contributed by atoms with Crippen LogP contribution in [-0.4, -0.2) is 18.4 Å². The minimum Gasteiger partial charge on any atom is -0.497 e. The number of H-pyrrole nitrogens is 1. The topological polar surface area (TPSA) is 42.1 Å². The molecule has 3 nitrogen and oxygen atoms in total. The number of aromatic amines is 1. The molecular weight excluding hydrogens is 214 g/mol. The average Bonchev–Trinajstić information content (AvgIpc) is 2.74. The Morgan fingerprint density at radius 1 is 1.06 bits per heavy atom. The average molecular weight is 225 g/mol. The van der Waals surface area contributed by atoms with Crippen LogP contribution in [0, 0.1) is 0 Å². The van der Waals surface area contributed by atoms with Crippen molar-refractivity contribution in [1.82, 2.24) is 4.98 Å². The third kappa shape index (κ3) is 1.47. The van der Waals surface area contributed by atoms with Gasteiger partial charge in [0.05, 0.1) is 7.11 Å². The molecule has 0 radical (unpaired) electrons. The van der Waals surface area contributed by atoms with E-state index in [1.165, 1.54) is 0 Å². The molecule has 0 amide bonds. The van der Waals surface area contributed by atoms with Crippen LogP contribution in [0.4, 0.5) is 0 Å². The molecule has 84 valence electrons. The van der Waals surface area contributed by atoms with Crippen molar-refractivity contribution in [2.75, 3.05) is 7.11 Å². The van der Waals surface area contributed by atoms with Gasteiger partial charge in [0.2, 0.25) is 0 Å². The molecule has 1 aromatic heterocycles. The van der Waals surface area contributed by atoms with Crippen molar-refractivity contribution in [3.8, 4) is 5.75 Å². The van der Waals surface area contributed by atoms with Gasteiger partial charge in [0.25, 0.3) is 0 Å². The maximum atomic E-state index is 10.7. The minimum atomic E-state index is 0.677. The number of aromatic nitrogens is 1. The molecule has 0 saturated heterocycles. The summed E-state index contributed by atoms with van der Waals surface area (Å²) in [4.78, 5) is 14.0. The smallest absolute Gasteiger partial charge is 0.150 e. The number of fused-ring (bicyclic) bond motifs is 3. The van der Waals surface area contributed by atoms with Crippen molar-refractivity contribution in [1.29, 1.82) is 0 Å². The number of nitrogens with one attached hydrogen (secondary N) is 1. The molecule has 3 heteroatoms. The third-order valence-electron chi connectivity index (χ3n) is 2.97. The molecule has 0 bridgehead atoms. The van der Waals surface area contributed by atoms with Gasteiger partial charge in [0.15, 0.2) is 0 Å². The predicted molar refractivity (Wildman–Crippen MR) is 67.7 cm³/mol. The van der Waals surface area contributed by atoms with Crippen LogP contribution in [0.2, 0.25) is 0 Å². The second-order valence-corrected chi connectivity index (χ2v) is 3.96. The SMILES string of the molecule is COc1ccc2[nH]c3cc(C=O)ccc3c2c1. The number of rotatable bonds is 2. The second kappa shape index (κ2) is 3.63. The number of benzene rings is 2. The molecule has 0 unspecified atom stereocenters. The molecule has 0 aliphatic heterocycles. The Kier molecular flexibility index (Phi) is 2.11. The highest BCUT2D eigenvalue weighted by molar-refractivity contribution is 6.08. The molecule has 1 heterocycles. The Balaban J connectivity index is 2.38. The first-order chi connectivity index (χ1) is 8.31. The quantitative estimate of drug-likeness (QED) is 0.681. The molecule has 0 atom stereocenters. The molecule has 0 saturated carbocycles. The maximum Gasteiger partial charge on any atom is 0.150 e. The summed E-state index contributed by atoms with van der Waals surface area (Å²) in [6, 6.07) is 11.5. The Morgan fingerprint density at radius 2 is 1.94 bits per heavy atom. The number of carbonyl (C=O) groups excluding carboxylic acids is 1. The summed E-state index contributed by atoms with van der Waals surface area (Å²) in [5.41, 5.74) is 2.69. The summed E-state index contributed by atoms with van der Waals surface area (Å²) in [5.74, 6) is 0.831. The lowest BCUT2D eigenvalue weighted by molar-refractivity contribution is 0.112. The Morgan fingerprint density at radius 3 is 2.71 bits per heavy atom. The molecule has 3 rings (SSSR count). The van der Waals surface area contributed by atoms with Gasteiger partial charge in [-0.05, 0) is 24.3 Å². The van der Waals surface area contributed by atoms with Gasteiger partial charge in [-0.3, -0.25) is 4.79 Å². The van der Waals surface area contributed by atoms with Crippen molar-refractivity contribution >= 4 is 28.1 Å². The zero-order valence-electron chi connectivity index (χ0n) is 9.36. The largest absolute Gasteiger partial charge is 0.497 e. The summed E-state index contributed by atoms with van der Waals surface area (Å²) in [6.45, 7) is 0. The Bertz CT molecular complexity index is 713. The molecule has 1 N–H and O–H groups in total. The van der Waals surface area contributed by atoms with Crippen LogP contribution in [-0.2, 0) is 0 Å². The normalized spacial score (nSPS) is 10.9. The van der Waals surface area contributed by atoms with E-state index >= 15 is 0 Å². The molecule has 0 aliphatic rings. The first-order valence-corrected chi connectivity index (χ1v) is 5.36. The molecule has 0 spiro atoms. The number of hydrogen-bond acceptors (Lipinski definition) is 2. The maximum absolute atomic E-state index is 10.7. The monoisotopic (exact) mass is 225 g/mol. The van der Waals surface area contributed by atoms with Crippen molar-refractivity contribution in [2.45, 2.75) is 0 Å². The number of methoxy groups -OCH3 is 1. The van der Waals surface area contributed by atoms with E-state index in [0.717, 1.165) is 33.8 Å². The summed E-state index contributed by atoms with van der Waals surface area (Å²) in [7, 11) is 1.65. The van der Waals surface area contributed by atoms with Crippen LogP contribution >= 0.6 is 0 Å². The third-order valence-corrected chi connectivity index (χ3v) is 2.97. The lowest BCUT2D eigenvalue weighted by Crippen LogP contribution is -1.80. The van der Waals surface area contributed by atoms with E-state index in [4.69, 9.17) is 4.74 Å². The fourth-order valence-corrected chi connectivity index (χ4v) is 2.10. The van der Waals surface area contributed by atoms with Crippen LogP contribution in [0.5, 0.6) is 5.75 Å². The van der Waals surface area contributed by atoms with Crippen LogP contribution in [0.1, 0.15) is 10.4 Å². The highest BCUT2D eigenvalue weighted by Gasteiger charge is 2.05. The number of carbonyl (C=O) groups is 1. The van der Waals surface area contributed by atoms with Crippen LogP contribution in [0.15, 0.2) is 36.4 Å². The van der Waals surface area contributed by atoms with Gasteiger partial charge in [-0.25, -0.2) is 0 Å². The van der Waals surface area contributed by atoms with Gasteiger partial charge >= 0.3 is 0 Å². The second-order valence-electron chi connectivity index (χ2n) is 3.96. The molecule has 2 aromatic carbocycles. The van der Waals surface area contributed by atoms with Crippen LogP contribution in [0.25, 0.3) is 21.8 Å². The minimum absolute atomic E-state index is 0.677. The number of aldehydes is 1. The summed E-state index contributed by atoms with van der Waals surface area (Å²) >= 11 is 0.